The average Bonchev–Trinajstić information content (AvgIpc) is 2.22. The Morgan fingerprint density at radius 1 is 0.667 bits per heavy atom. The minimum Gasteiger partial charge on any atom is -0.418 e. The van der Waals surface area contributed by atoms with Crippen molar-refractivity contribution in [2.24, 2.45) is 0 Å². The van der Waals surface area contributed by atoms with E-state index in [9.17, 15) is 51.8 Å². The van der Waals surface area contributed by atoms with Crippen LogP contribution in [0.3, 0.4) is 0 Å². The van der Waals surface area contributed by atoms with Crippen LogP contribution in [0.2, 0.25) is 5.02 Å². The standard InChI is InChI=1S/C7H6Cl.3BF4.K/c1-6-4-2-3-5-7(6)8;3*2-1(3,4)5;/h2-5H,1H2;;;;/q;3*-1;. The van der Waals surface area contributed by atoms with Gasteiger partial charge in [0.2, 0.25) is 0 Å². The third-order valence-corrected chi connectivity index (χ3v) is 2.90. The molecule has 0 saturated heterocycles. The number of rotatable bonds is 1. The Balaban J connectivity index is -0.000000259. The monoisotopic (exact) mass is 425 g/mol. The summed E-state index contributed by atoms with van der Waals surface area (Å²) in [4.78, 5) is 0. The van der Waals surface area contributed by atoms with Crippen molar-refractivity contribution in [1.82, 2.24) is 0 Å². The molecule has 0 radical (unpaired) electrons. The average molecular weight is 425 g/mol. The fourth-order valence-electron chi connectivity index (χ4n) is 0.785. The van der Waals surface area contributed by atoms with Gasteiger partial charge in [0.25, 0.3) is 0 Å². The summed E-state index contributed by atoms with van der Waals surface area (Å²) in [5.74, 6) is 0. The van der Waals surface area contributed by atoms with Crippen LogP contribution < -0.4 is 0 Å². The van der Waals surface area contributed by atoms with Crippen molar-refractivity contribution in [3.8, 4) is 0 Å². The van der Waals surface area contributed by atoms with E-state index in [1.165, 1.54) is 6.08 Å². The third kappa shape index (κ3) is 57.1. The Kier molecular flexibility index (Phi) is 16.7. The van der Waals surface area contributed by atoms with Crippen LogP contribution in [0.1, 0.15) is 5.56 Å². The van der Waals surface area contributed by atoms with Crippen molar-refractivity contribution >= 4 is 82.3 Å². The van der Waals surface area contributed by atoms with Crippen LogP contribution in [-0.2, 0) is 0.515 Å². The fraction of sp³-hybridized carbons (Fsp3) is 0.143. The van der Waals surface area contributed by atoms with Gasteiger partial charge in [0, 0.05) is 0 Å². The molecule has 138 valence electrons. The van der Waals surface area contributed by atoms with Crippen molar-refractivity contribution in [3.63, 3.8) is 0 Å². The molecule has 24 heavy (non-hydrogen) atoms. The summed E-state index contributed by atoms with van der Waals surface area (Å²) in [6.45, 7) is 0. The SMILES string of the molecule is Clc1ccccc1[CH2][K].F[B-](F)(F)F.F[B-](F)(F)F.F[B-](F)(F)F. The Morgan fingerprint density at radius 3 is 1.08 bits per heavy atom. The van der Waals surface area contributed by atoms with Crippen molar-refractivity contribution < 1.29 is 51.8 Å². The molecule has 0 heterocycles. The normalized spacial score (nSPS) is 11.1. The van der Waals surface area contributed by atoms with Gasteiger partial charge >= 0.3 is 118 Å². The molecule has 17 heteroatoms. The first-order chi connectivity index (χ1) is 10.3. The van der Waals surface area contributed by atoms with E-state index in [0.29, 0.717) is 0 Å². The summed E-state index contributed by atoms with van der Waals surface area (Å²) in [7, 11) is -18.0. The topological polar surface area (TPSA) is 0 Å². The van der Waals surface area contributed by atoms with Crippen molar-refractivity contribution in [3.05, 3.63) is 34.9 Å². The van der Waals surface area contributed by atoms with Gasteiger partial charge in [-0.05, 0) is 0 Å². The van der Waals surface area contributed by atoms with Gasteiger partial charge in [0.1, 0.15) is 0 Å². The molecule has 0 aliphatic heterocycles. The third-order valence-electron chi connectivity index (χ3n) is 1.34. The first kappa shape index (κ1) is 29.3. The quantitative estimate of drug-likeness (QED) is 0.388. The van der Waals surface area contributed by atoms with Crippen LogP contribution in [0, 0.1) is 0 Å². The Labute approximate surface area is 168 Å². The molecule has 0 unspecified atom stereocenters. The van der Waals surface area contributed by atoms with E-state index in [2.05, 4.69) is 6.07 Å². The van der Waals surface area contributed by atoms with Crippen LogP contribution in [0.4, 0.5) is 51.8 Å². The van der Waals surface area contributed by atoms with E-state index in [-0.39, 0.29) is 0 Å². The zero-order valence-electron chi connectivity index (χ0n) is 11.7. The van der Waals surface area contributed by atoms with E-state index < -0.39 is 21.8 Å². The largest absolute Gasteiger partial charge is 0.673 e. The molecule has 0 aromatic heterocycles. The van der Waals surface area contributed by atoms with Gasteiger partial charge in [0.05, 0.1) is 0 Å². The zero-order valence-corrected chi connectivity index (χ0v) is 15.5. The molecule has 1 aromatic rings. The number of halogens is 13. The minimum absolute atomic E-state index is 0.873. The molecule has 0 amide bonds. The maximum absolute atomic E-state index is 9.75. The second-order valence-electron chi connectivity index (χ2n) is 3.43. The number of hydrogen-bond acceptors (Lipinski definition) is 0. The molecule has 1 rings (SSSR count). The second-order valence-corrected chi connectivity index (χ2v) is 4.94. The number of benzene rings is 1. The van der Waals surface area contributed by atoms with Gasteiger partial charge in [-0.2, -0.15) is 0 Å². The van der Waals surface area contributed by atoms with Crippen LogP contribution in [0.15, 0.2) is 24.3 Å². The first-order valence-electron chi connectivity index (χ1n) is 5.70. The Bertz CT molecular complexity index is 387. The summed E-state index contributed by atoms with van der Waals surface area (Å²) in [6, 6.07) is 8.04. The Morgan fingerprint density at radius 2 is 0.917 bits per heavy atom. The summed E-state index contributed by atoms with van der Waals surface area (Å²) < 4.78 is 118. The molecule has 0 nitrogen and oxygen atoms in total. The van der Waals surface area contributed by atoms with Crippen molar-refractivity contribution in [2.75, 3.05) is 0 Å². The molecule has 0 bridgehead atoms. The molecule has 0 aliphatic carbocycles. The smallest absolute Gasteiger partial charge is 0.418 e. The molecule has 0 saturated carbocycles. The van der Waals surface area contributed by atoms with Gasteiger partial charge in [-0.15, -0.1) is 0 Å². The molecular weight excluding hydrogens is 419 g/mol. The molecule has 0 fully saturated rings. The summed E-state index contributed by atoms with van der Waals surface area (Å²) in [6.07, 6.45) is 0. The van der Waals surface area contributed by atoms with Gasteiger partial charge < -0.3 is 51.8 Å². The zero-order chi connectivity index (χ0) is 20.2. The van der Waals surface area contributed by atoms with Gasteiger partial charge in [-0.1, -0.05) is 0 Å². The number of hydrogen-bond donors (Lipinski definition) is 0. The van der Waals surface area contributed by atoms with Crippen LogP contribution in [0.5, 0.6) is 0 Å². The maximum Gasteiger partial charge on any atom is 0.673 e. The maximum atomic E-state index is 9.75. The predicted octanol–water partition coefficient (Wildman–Crippen LogP) is 5.91. The second kappa shape index (κ2) is 13.7. The molecule has 1 aromatic carbocycles. The van der Waals surface area contributed by atoms with Gasteiger partial charge in [-0.3, -0.25) is 0 Å². The van der Waals surface area contributed by atoms with Gasteiger partial charge in [-0.25, -0.2) is 0 Å². The first-order valence-corrected chi connectivity index (χ1v) is 8.28. The Hall–Kier alpha value is 0.501. The molecule has 0 atom stereocenters. The minimum atomic E-state index is -6.00. The summed E-state index contributed by atoms with van der Waals surface area (Å²) in [5.41, 5.74) is 1.30. The van der Waals surface area contributed by atoms with E-state index in [0.717, 1.165) is 54.0 Å². The predicted molar refractivity (Wildman–Crippen MR) is 71.5 cm³/mol. The molecular formula is C7H6B3ClF12K-3. The summed E-state index contributed by atoms with van der Waals surface area (Å²) >= 11 is 6.73. The van der Waals surface area contributed by atoms with Crippen LogP contribution >= 0.6 is 11.6 Å². The molecule has 0 N–H and O–H groups in total. The summed E-state index contributed by atoms with van der Waals surface area (Å²) in [5, 5.41) is 0.922. The van der Waals surface area contributed by atoms with E-state index in [1.807, 2.05) is 18.2 Å². The van der Waals surface area contributed by atoms with Crippen LogP contribution in [0.25, 0.3) is 0 Å². The fourth-order valence-corrected chi connectivity index (χ4v) is 2.37. The van der Waals surface area contributed by atoms with Crippen molar-refractivity contribution in [1.29, 1.82) is 0 Å². The van der Waals surface area contributed by atoms with Crippen LogP contribution in [-0.4, -0.2) is 70.7 Å². The van der Waals surface area contributed by atoms with E-state index in [4.69, 9.17) is 11.6 Å². The molecule has 0 aliphatic rings. The van der Waals surface area contributed by atoms with Crippen molar-refractivity contribution in [2.45, 2.75) is 0.515 Å². The van der Waals surface area contributed by atoms with E-state index >= 15 is 0 Å². The molecule has 0 spiro atoms. The van der Waals surface area contributed by atoms with Gasteiger partial charge in [0.15, 0.2) is 0 Å². The van der Waals surface area contributed by atoms with E-state index in [1.54, 1.807) is 0 Å².